The maximum absolute atomic E-state index is 2.33. The van der Waals surface area contributed by atoms with Crippen LogP contribution in [-0.4, -0.2) is 25.5 Å². The molecular formula is C21H23N. The van der Waals surface area contributed by atoms with Gasteiger partial charge in [0.2, 0.25) is 0 Å². The maximum Gasteiger partial charge on any atom is 0.00157 e. The van der Waals surface area contributed by atoms with Gasteiger partial charge in [-0.15, -0.1) is 0 Å². The molecule has 0 atom stereocenters. The molecule has 3 aromatic rings. The molecule has 3 rings (SSSR count). The molecule has 0 bridgehead atoms. The Morgan fingerprint density at radius 1 is 0.864 bits per heavy atom. The molecule has 0 aliphatic carbocycles. The molecule has 0 spiro atoms. The van der Waals surface area contributed by atoms with Gasteiger partial charge in [-0.05, 0) is 54.9 Å². The molecule has 0 N–H and O–H groups in total. The average Bonchev–Trinajstić information content (AvgIpc) is 2.52. The number of likely N-dealkylation sites (N-methyl/N-ethyl adjacent to an activating group) is 1. The zero-order valence-corrected chi connectivity index (χ0v) is 13.6. The van der Waals surface area contributed by atoms with Crippen LogP contribution in [0.1, 0.15) is 11.1 Å². The third-order valence-corrected chi connectivity index (χ3v) is 4.12. The predicted octanol–water partition coefficient (Wildman–Crippen LogP) is 4.92. The molecule has 22 heavy (non-hydrogen) atoms. The summed E-state index contributed by atoms with van der Waals surface area (Å²) in [5, 5.41) is 2.65. The normalized spacial score (nSPS) is 11.3. The van der Waals surface area contributed by atoms with Crippen molar-refractivity contribution >= 4 is 10.8 Å². The van der Waals surface area contributed by atoms with Crippen molar-refractivity contribution in [2.24, 2.45) is 0 Å². The fourth-order valence-corrected chi connectivity index (χ4v) is 2.89. The summed E-state index contributed by atoms with van der Waals surface area (Å²) in [6.07, 6.45) is 1.09. The van der Waals surface area contributed by atoms with Gasteiger partial charge in [0.15, 0.2) is 0 Å². The second kappa shape index (κ2) is 6.33. The van der Waals surface area contributed by atoms with Crippen molar-refractivity contribution in [1.82, 2.24) is 4.90 Å². The van der Waals surface area contributed by atoms with Crippen molar-refractivity contribution in [3.05, 3.63) is 71.8 Å². The molecule has 0 heterocycles. The van der Waals surface area contributed by atoms with E-state index in [4.69, 9.17) is 0 Å². The summed E-state index contributed by atoms with van der Waals surface area (Å²) in [4.78, 5) is 2.23. The molecule has 1 nitrogen and oxygen atoms in total. The zero-order chi connectivity index (χ0) is 15.5. The molecule has 0 aliphatic heterocycles. The predicted molar refractivity (Wildman–Crippen MR) is 96.4 cm³/mol. The second-order valence-electron chi connectivity index (χ2n) is 6.28. The molecule has 0 saturated heterocycles. The highest BCUT2D eigenvalue weighted by atomic mass is 15.0. The Morgan fingerprint density at radius 3 is 2.50 bits per heavy atom. The van der Waals surface area contributed by atoms with E-state index >= 15 is 0 Å². The van der Waals surface area contributed by atoms with Crippen LogP contribution in [0, 0.1) is 6.92 Å². The van der Waals surface area contributed by atoms with Gasteiger partial charge in [0.25, 0.3) is 0 Å². The number of fused-ring (bicyclic) bond motifs is 1. The minimum atomic E-state index is 1.08. The van der Waals surface area contributed by atoms with E-state index in [0.717, 1.165) is 13.0 Å². The second-order valence-corrected chi connectivity index (χ2v) is 6.28. The van der Waals surface area contributed by atoms with Gasteiger partial charge in [0.1, 0.15) is 0 Å². The van der Waals surface area contributed by atoms with E-state index < -0.39 is 0 Å². The standard InChI is InChI=1S/C21H23N/c1-16-10-11-18-7-5-9-20(21(18)14-16)19-8-4-6-17(15-19)12-13-22(2)3/h4-11,14-15H,12-13H2,1-3H3. The number of hydrogen-bond acceptors (Lipinski definition) is 1. The van der Waals surface area contributed by atoms with E-state index in [1.807, 2.05) is 0 Å². The molecule has 1 heteroatoms. The topological polar surface area (TPSA) is 3.24 Å². The van der Waals surface area contributed by atoms with Crippen LogP contribution in [0.15, 0.2) is 60.7 Å². The Kier molecular flexibility index (Phi) is 4.26. The van der Waals surface area contributed by atoms with E-state index in [2.05, 4.69) is 86.6 Å². The van der Waals surface area contributed by atoms with Crippen LogP contribution in [0.5, 0.6) is 0 Å². The number of hydrogen-bond donors (Lipinski definition) is 0. The molecule has 0 radical (unpaired) electrons. The van der Waals surface area contributed by atoms with Crippen molar-refractivity contribution in [1.29, 1.82) is 0 Å². The van der Waals surface area contributed by atoms with Crippen LogP contribution >= 0.6 is 0 Å². The lowest BCUT2D eigenvalue weighted by atomic mass is 9.95. The number of aryl methyl sites for hydroxylation is 1. The first-order chi connectivity index (χ1) is 10.6. The van der Waals surface area contributed by atoms with Crippen LogP contribution in [0.25, 0.3) is 21.9 Å². The summed E-state index contributed by atoms with van der Waals surface area (Å²) in [7, 11) is 4.24. The smallest absolute Gasteiger partial charge is 0.00157 e. The fourth-order valence-electron chi connectivity index (χ4n) is 2.89. The number of rotatable bonds is 4. The minimum absolute atomic E-state index is 1.08. The van der Waals surface area contributed by atoms with Crippen LogP contribution in [0.2, 0.25) is 0 Å². The van der Waals surface area contributed by atoms with Gasteiger partial charge in [0, 0.05) is 6.54 Å². The van der Waals surface area contributed by atoms with Gasteiger partial charge in [-0.3, -0.25) is 0 Å². The van der Waals surface area contributed by atoms with Crippen molar-refractivity contribution in [3.8, 4) is 11.1 Å². The molecule has 3 aromatic carbocycles. The lowest BCUT2D eigenvalue weighted by Gasteiger charge is -2.12. The summed E-state index contributed by atoms with van der Waals surface area (Å²) >= 11 is 0. The summed E-state index contributed by atoms with van der Waals surface area (Å²) in [5.41, 5.74) is 5.35. The molecular weight excluding hydrogens is 266 g/mol. The van der Waals surface area contributed by atoms with Gasteiger partial charge < -0.3 is 4.90 Å². The quantitative estimate of drug-likeness (QED) is 0.659. The zero-order valence-electron chi connectivity index (χ0n) is 13.6. The molecule has 112 valence electrons. The summed E-state index contributed by atoms with van der Waals surface area (Å²) in [6, 6.07) is 22.2. The highest BCUT2D eigenvalue weighted by molar-refractivity contribution is 5.97. The van der Waals surface area contributed by atoms with Crippen LogP contribution in [-0.2, 0) is 6.42 Å². The molecule has 0 fully saturated rings. The monoisotopic (exact) mass is 289 g/mol. The van der Waals surface area contributed by atoms with E-state index in [0.29, 0.717) is 0 Å². The maximum atomic E-state index is 2.33. The van der Waals surface area contributed by atoms with E-state index in [1.54, 1.807) is 0 Å². The Morgan fingerprint density at radius 2 is 1.68 bits per heavy atom. The van der Waals surface area contributed by atoms with E-state index in [1.165, 1.54) is 33.0 Å². The van der Waals surface area contributed by atoms with E-state index in [-0.39, 0.29) is 0 Å². The molecule has 0 amide bonds. The van der Waals surface area contributed by atoms with Gasteiger partial charge in [-0.25, -0.2) is 0 Å². The highest BCUT2D eigenvalue weighted by Gasteiger charge is 2.05. The van der Waals surface area contributed by atoms with Crippen molar-refractivity contribution in [2.75, 3.05) is 20.6 Å². The fraction of sp³-hybridized carbons (Fsp3) is 0.238. The van der Waals surface area contributed by atoms with Crippen LogP contribution < -0.4 is 0 Å². The SMILES string of the molecule is Cc1ccc2cccc(-c3cccc(CCN(C)C)c3)c2c1. The Balaban J connectivity index is 2.04. The average molecular weight is 289 g/mol. The lowest BCUT2D eigenvalue weighted by molar-refractivity contribution is 0.413. The lowest BCUT2D eigenvalue weighted by Crippen LogP contribution is -2.14. The van der Waals surface area contributed by atoms with Crippen LogP contribution in [0.4, 0.5) is 0 Å². The van der Waals surface area contributed by atoms with Crippen molar-refractivity contribution in [3.63, 3.8) is 0 Å². The number of nitrogens with zero attached hydrogens (tertiary/aromatic N) is 1. The first-order valence-electron chi connectivity index (χ1n) is 7.87. The highest BCUT2D eigenvalue weighted by Crippen LogP contribution is 2.30. The molecule has 0 unspecified atom stereocenters. The molecule has 0 aromatic heterocycles. The first kappa shape index (κ1) is 14.8. The summed E-state index contributed by atoms with van der Waals surface area (Å²) < 4.78 is 0. The minimum Gasteiger partial charge on any atom is -0.309 e. The van der Waals surface area contributed by atoms with Gasteiger partial charge in [-0.2, -0.15) is 0 Å². The van der Waals surface area contributed by atoms with Crippen molar-refractivity contribution in [2.45, 2.75) is 13.3 Å². The molecule has 0 aliphatic rings. The van der Waals surface area contributed by atoms with Crippen LogP contribution in [0.3, 0.4) is 0 Å². The molecule has 0 saturated carbocycles. The Hall–Kier alpha value is -2.12. The Labute approximate surface area is 133 Å². The van der Waals surface area contributed by atoms with Gasteiger partial charge >= 0.3 is 0 Å². The first-order valence-corrected chi connectivity index (χ1v) is 7.87. The van der Waals surface area contributed by atoms with Crippen molar-refractivity contribution < 1.29 is 0 Å². The third kappa shape index (κ3) is 3.20. The Bertz CT molecular complexity index is 787. The third-order valence-electron chi connectivity index (χ3n) is 4.12. The largest absolute Gasteiger partial charge is 0.309 e. The summed E-state index contributed by atoms with van der Waals surface area (Å²) in [6.45, 7) is 3.24. The number of benzene rings is 3. The summed E-state index contributed by atoms with van der Waals surface area (Å²) in [5.74, 6) is 0. The van der Waals surface area contributed by atoms with Gasteiger partial charge in [-0.1, -0.05) is 66.2 Å². The van der Waals surface area contributed by atoms with Gasteiger partial charge in [0.05, 0.1) is 0 Å². The van der Waals surface area contributed by atoms with E-state index in [9.17, 15) is 0 Å².